The molecule has 1 N–H and O–H groups in total. The second-order valence-electron chi connectivity index (χ2n) is 6.26. The molecule has 1 aliphatic carbocycles. The van der Waals surface area contributed by atoms with Gasteiger partial charge in [0, 0.05) is 6.42 Å². The molecule has 2 nitrogen and oxygen atoms in total. The van der Waals surface area contributed by atoms with E-state index in [9.17, 15) is 9.18 Å². The minimum Gasteiger partial charge on any atom is -0.350 e. The summed E-state index contributed by atoms with van der Waals surface area (Å²) in [5.41, 5.74) is 4.58. The predicted molar refractivity (Wildman–Crippen MR) is 89.7 cm³/mol. The van der Waals surface area contributed by atoms with Gasteiger partial charge in [-0.1, -0.05) is 36.4 Å². The third-order valence-corrected chi connectivity index (χ3v) is 4.58. The molecular formula is C20H22FNO. The zero-order chi connectivity index (χ0) is 16.2. The molecule has 1 atom stereocenters. The van der Waals surface area contributed by atoms with E-state index in [4.69, 9.17) is 0 Å². The molecule has 120 valence electrons. The molecule has 2 aromatic rings. The zero-order valence-corrected chi connectivity index (χ0v) is 13.4. The Morgan fingerprint density at radius 3 is 2.78 bits per heavy atom. The molecule has 1 amide bonds. The van der Waals surface area contributed by atoms with Gasteiger partial charge in [0.05, 0.1) is 6.04 Å². The molecule has 0 bridgehead atoms. The minimum atomic E-state index is -0.244. The van der Waals surface area contributed by atoms with Gasteiger partial charge in [-0.3, -0.25) is 4.79 Å². The van der Waals surface area contributed by atoms with Crippen LogP contribution in [-0.2, 0) is 24.1 Å². The summed E-state index contributed by atoms with van der Waals surface area (Å²) in [5.74, 6) is -0.284. The number of benzene rings is 2. The molecule has 0 aromatic heterocycles. The first kappa shape index (κ1) is 15.7. The fourth-order valence-electron chi connectivity index (χ4n) is 3.21. The summed E-state index contributed by atoms with van der Waals surface area (Å²) in [5, 5.41) is 3.02. The maximum absolute atomic E-state index is 13.6. The lowest BCUT2D eigenvalue weighted by Crippen LogP contribution is -2.27. The number of aryl methyl sites for hydroxylation is 3. The van der Waals surface area contributed by atoms with Crippen molar-refractivity contribution in [1.82, 2.24) is 5.32 Å². The molecule has 23 heavy (non-hydrogen) atoms. The highest BCUT2D eigenvalue weighted by Crippen LogP contribution is 2.25. The standard InChI is InChI=1S/C20H22FNO/c1-14(17-10-9-15-6-4-7-18(15)13-17)22-20(23)12-11-16-5-2-3-8-19(16)21/h2-3,5,8-10,13-14H,4,6-7,11-12H2,1H3,(H,22,23). The van der Waals surface area contributed by atoms with E-state index in [1.807, 2.05) is 6.92 Å². The van der Waals surface area contributed by atoms with Crippen molar-refractivity contribution in [1.29, 1.82) is 0 Å². The third-order valence-electron chi connectivity index (χ3n) is 4.58. The van der Waals surface area contributed by atoms with E-state index in [-0.39, 0.29) is 17.8 Å². The molecule has 0 saturated carbocycles. The van der Waals surface area contributed by atoms with Gasteiger partial charge in [0.25, 0.3) is 0 Å². The molecule has 0 radical (unpaired) electrons. The molecule has 0 spiro atoms. The van der Waals surface area contributed by atoms with E-state index in [1.165, 1.54) is 30.0 Å². The van der Waals surface area contributed by atoms with Crippen molar-refractivity contribution >= 4 is 5.91 Å². The first-order valence-electron chi connectivity index (χ1n) is 8.28. The Kier molecular flexibility index (Phi) is 4.75. The number of hydrogen-bond donors (Lipinski definition) is 1. The number of carbonyl (C=O) groups is 1. The largest absolute Gasteiger partial charge is 0.350 e. The normalized spacial score (nSPS) is 14.3. The van der Waals surface area contributed by atoms with Crippen LogP contribution in [0.2, 0.25) is 0 Å². The van der Waals surface area contributed by atoms with Gasteiger partial charge in [-0.25, -0.2) is 4.39 Å². The van der Waals surface area contributed by atoms with Crippen LogP contribution in [-0.4, -0.2) is 5.91 Å². The van der Waals surface area contributed by atoms with Crippen LogP contribution >= 0.6 is 0 Å². The van der Waals surface area contributed by atoms with Crippen molar-refractivity contribution in [3.05, 3.63) is 70.5 Å². The number of rotatable bonds is 5. The predicted octanol–water partition coefficient (Wildman–Crippen LogP) is 4.12. The Bertz CT molecular complexity index is 711. The second-order valence-corrected chi connectivity index (χ2v) is 6.26. The summed E-state index contributed by atoms with van der Waals surface area (Å²) < 4.78 is 13.6. The Morgan fingerprint density at radius 1 is 1.17 bits per heavy atom. The Balaban J connectivity index is 1.56. The summed E-state index contributed by atoms with van der Waals surface area (Å²) in [6, 6.07) is 13.1. The Hall–Kier alpha value is -2.16. The van der Waals surface area contributed by atoms with E-state index in [0.717, 1.165) is 12.0 Å². The number of nitrogens with one attached hydrogen (secondary N) is 1. The van der Waals surface area contributed by atoms with Crippen LogP contribution < -0.4 is 5.32 Å². The third kappa shape index (κ3) is 3.79. The number of fused-ring (bicyclic) bond motifs is 1. The van der Waals surface area contributed by atoms with Crippen LogP contribution in [0.15, 0.2) is 42.5 Å². The molecule has 1 unspecified atom stereocenters. The Morgan fingerprint density at radius 2 is 1.96 bits per heavy atom. The van der Waals surface area contributed by atoms with Gasteiger partial charge in [0.1, 0.15) is 5.82 Å². The smallest absolute Gasteiger partial charge is 0.220 e. The fourth-order valence-corrected chi connectivity index (χ4v) is 3.21. The summed E-state index contributed by atoms with van der Waals surface area (Å²) in [4.78, 5) is 12.1. The van der Waals surface area contributed by atoms with Crippen molar-refractivity contribution in [3.63, 3.8) is 0 Å². The number of amides is 1. The highest BCUT2D eigenvalue weighted by atomic mass is 19.1. The lowest BCUT2D eigenvalue weighted by molar-refractivity contribution is -0.121. The number of hydrogen-bond acceptors (Lipinski definition) is 1. The lowest BCUT2D eigenvalue weighted by Gasteiger charge is -2.16. The van der Waals surface area contributed by atoms with E-state index < -0.39 is 0 Å². The molecule has 3 heteroatoms. The highest BCUT2D eigenvalue weighted by molar-refractivity contribution is 5.76. The SMILES string of the molecule is CC(NC(=O)CCc1ccccc1F)c1ccc2c(c1)CCC2. The quantitative estimate of drug-likeness (QED) is 0.884. The molecule has 0 saturated heterocycles. The van der Waals surface area contributed by atoms with Crippen molar-refractivity contribution < 1.29 is 9.18 Å². The van der Waals surface area contributed by atoms with Crippen LogP contribution in [0.3, 0.4) is 0 Å². The van der Waals surface area contributed by atoms with Crippen LogP contribution in [0.1, 0.15) is 48.1 Å². The fraction of sp³-hybridized carbons (Fsp3) is 0.350. The van der Waals surface area contributed by atoms with Gasteiger partial charge in [-0.05, 0) is 60.9 Å². The summed E-state index contributed by atoms with van der Waals surface area (Å²) in [6.07, 6.45) is 4.25. The second kappa shape index (κ2) is 6.95. The van der Waals surface area contributed by atoms with Crippen LogP contribution in [0.25, 0.3) is 0 Å². The minimum absolute atomic E-state index is 0.0194. The number of carbonyl (C=O) groups excluding carboxylic acids is 1. The molecule has 1 aliphatic rings. The van der Waals surface area contributed by atoms with Gasteiger partial charge in [-0.15, -0.1) is 0 Å². The van der Waals surface area contributed by atoms with Gasteiger partial charge in [0.15, 0.2) is 0 Å². The highest BCUT2D eigenvalue weighted by Gasteiger charge is 2.15. The summed E-state index contributed by atoms with van der Waals surface area (Å²) >= 11 is 0. The van der Waals surface area contributed by atoms with E-state index in [2.05, 4.69) is 23.5 Å². The van der Waals surface area contributed by atoms with Crippen molar-refractivity contribution in [2.24, 2.45) is 0 Å². The average molecular weight is 311 g/mol. The maximum atomic E-state index is 13.6. The topological polar surface area (TPSA) is 29.1 Å². The maximum Gasteiger partial charge on any atom is 0.220 e. The van der Waals surface area contributed by atoms with Gasteiger partial charge in [0.2, 0.25) is 5.91 Å². The molecule has 0 aliphatic heterocycles. The van der Waals surface area contributed by atoms with Crippen LogP contribution in [0.5, 0.6) is 0 Å². The van der Waals surface area contributed by atoms with Crippen molar-refractivity contribution in [2.45, 2.75) is 45.1 Å². The zero-order valence-electron chi connectivity index (χ0n) is 13.4. The van der Waals surface area contributed by atoms with Gasteiger partial charge < -0.3 is 5.32 Å². The van der Waals surface area contributed by atoms with E-state index in [0.29, 0.717) is 18.4 Å². The van der Waals surface area contributed by atoms with E-state index >= 15 is 0 Å². The lowest BCUT2D eigenvalue weighted by atomic mass is 10.0. The molecule has 0 heterocycles. The van der Waals surface area contributed by atoms with Gasteiger partial charge in [-0.2, -0.15) is 0 Å². The molecular weight excluding hydrogens is 289 g/mol. The van der Waals surface area contributed by atoms with Crippen LogP contribution in [0, 0.1) is 5.82 Å². The first-order valence-corrected chi connectivity index (χ1v) is 8.28. The van der Waals surface area contributed by atoms with Crippen LogP contribution in [0.4, 0.5) is 4.39 Å². The molecule has 2 aromatic carbocycles. The van der Waals surface area contributed by atoms with E-state index in [1.54, 1.807) is 18.2 Å². The average Bonchev–Trinajstić information content (AvgIpc) is 3.01. The Labute approximate surface area is 136 Å². The first-order chi connectivity index (χ1) is 11.1. The summed E-state index contributed by atoms with van der Waals surface area (Å²) in [6.45, 7) is 2.00. The monoisotopic (exact) mass is 311 g/mol. The van der Waals surface area contributed by atoms with Crippen molar-refractivity contribution in [3.8, 4) is 0 Å². The summed E-state index contributed by atoms with van der Waals surface area (Å²) in [7, 11) is 0. The van der Waals surface area contributed by atoms with Crippen molar-refractivity contribution in [2.75, 3.05) is 0 Å². The molecule has 3 rings (SSSR count). The van der Waals surface area contributed by atoms with Gasteiger partial charge >= 0.3 is 0 Å². The molecule has 0 fully saturated rings. The number of halogens is 1.